The number of aromatic nitrogens is 3. The highest BCUT2D eigenvalue weighted by molar-refractivity contribution is 8.00. The molecule has 1 aliphatic heterocycles. The van der Waals surface area contributed by atoms with E-state index in [9.17, 15) is 26.4 Å². The number of thioether (sulfide) groups is 1. The van der Waals surface area contributed by atoms with E-state index in [2.05, 4.69) is 15.4 Å². The van der Waals surface area contributed by atoms with E-state index in [0.717, 1.165) is 0 Å². The lowest BCUT2D eigenvalue weighted by Gasteiger charge is -2.24. The van der Waals surface area contributed by atoms with Crippen molar-refractivity contribution in [3.05, 3.63) is 42.6 Å². The van der Waals surface area contributed by atoms with E-state index in [1.807, 2.05) is 0 Å². The number of amides is 1. The van der Waals surface area contributed by atoms with Crippen molar-refractivity contribution in [2.24, 2.45) is 5.92 Å². The number of ether oxygens (including phenoxy) is 3. The van der Waals surface area contributed by atoms with Crippen LogP contribution in [0.15, 0.2) is 47.5 Å². The highest BCUT2D eigenvalue weighted by Crippen LogP contribution is 2.43. The summed E-state index contributed by atoms with van der Waals surface area (Å²) in [4.78, 5) is 16.3. The Hall–Kier alpha value is -3.12. The molecule has 1 aliphatic carbocycles. The summed E-state index contributed by atoms with van der Waals surface area (Å²) in [6, 6.07) is 8.97. The van der Waals surface area contributed by atoms with Gasteiger partial charge in [-0.2, -0.15) is 35.9 Å². The lowest BCUT2D eigenvalue weighted by Crippen LogP contribution is -2.38. The van der Waals surface area contributed by atoms with E-state index in [-0.39, 0.29) is 29.3 Å². The molecule has 4 atom stereocenters. The topological polar surface area (TPSA) is 142 Å². The van der Waals surface area contributed by atoms with Crippen LogP contribution in [0, 0.1) is 5.92 Å². The Kier molecular flexibility index (Phi) is 8.56. The van der Waals surface area contributed by atoms with E-state index in [1.54, 1.807) is 63.7 Å². The molecule has 0 unspecified atom stereocenters. The second kappa shape index (κ2) is 11.7. The van der Waals surface area contributed by atoms with Gasteiger partial charge in [-0.15, -0.1) is 0 Å². The minimum Gasteiger partial charge on any atom is -0.443 e. The van der Waals surface area contributed by atoms with Crippen molar-refractivity contribution in [2.75, 3.05) is 11.9 Å². The van der Waals surface area contributed by atoms with Crippen LogP contribution < -0.4 is 10.0 Å². The number of benzene rings is 1. The maximum Gasteiger partial charge on any atom is 0.446 e. The van der Waals surface area contributed by atoms with Gasteiger partial charge in [-0.25, -0.2) is 9.78 Å². The standard InChI is InChI=1S/C27H32F3N5O7S2/c1-25(2,3)42-24(36)34-44(37,38)39-14-16-12-19(23-22(16)40-26(4,5)41-23)32-20-9-10-31-21-13-18(33-35(20)21)15-7-6-8-17(11-15)43-27(28,29)30/h6-11,13,16,19,22-23,32H,12,14H2,1-5H3,(H,34,36)/t16-,19-,22-,23+/m1/s1. The van der Waals surface area contributed by atoms with Crippen LogP contribution in [0.5, 0.6) is 0 Å². The molecule has 2 N–H and O–H groups in total. The van der Waals surface area contributed by atoms with Crippen molar-refractivity contribution in [1.82, 2.24) is 19.3 Å². The van der Waals surface area contributed by atoms with Gasteiger partial charge < -0.3 is 19.5 Å². The molecule has 2 fully saturated rings. The van der Waals surface area contributed by atoms with Crippen molar-refractivity contribution in [3.8, 4) is 11.3 Å². The summed E-state index contributed by atoms with van der Waals surface area (Å²) in [5.74, 6) is -0.859. The van der Waals surface area contributed by atoms with E-state index in [4.69, 9.17) is 18.4 Å². The zero-order chi connectivity index (χ0) is 32.1. The third kappa shape index (κ3) is 7.93. The van der Waals surface area contributed by atoms with Crippen molar-refractivity contribution in [2.45, 2.75) is 81.1 Å². The van der Waals surface area contributed by atoms with Gasteiger partial charge in [-0.05, 0) is 71.0 Å². The molecule has 240 valence electrons. The van der Waals surface area contributed by atoms with Crippen LogP contribution >= 0.6 is 11.8 Å². The molecule has 1 aromatic carbocycles. The first-order valence-corrected chi connectivity index (χ1v) is 15.8. The largest absolute Gasteiger partial charge is 0.446 e. The Bertz CT molecular complexity index is 1640. The Morgan fingerprint density at radius 2 is 1.89 bits per heavy atom. The maximum absolute atomic E-state index is 12.9. The molecular formula is C27H32F3N5O7S2. The number of nitrogens with zero attached hydrogens (tertiary/aromatic N) is 3. The molecule has 12 nitrogen and oxygen atoms in total. The van der Waals surface area contributed by atoms with Gasteiger partial charge in [-0.3, -0.25) is 4.18 Å². The molecular weight excluding hydrogens is 627 g/mol. The fraction of sp³-hybridized carbons (Fsp3) is 0.519. The average molecular weight is 660 g/mol. The predicted molar refractivity (Wildman–Crippen MR) is 154 cm³/mol. The van der Waals surface area contributed by atoms with Gasteiger partial charge in [0.15, 0.2) is 11.4 Å². The number of carbonyl (C=O) groups excluding carboxylic acids is 1. The molecule has 0 spiro atoms. The summed E-state index contributed by atoms with van der Waals surface area (Å²) in [6.45, 7) is 8.00. The zero-order valence-electron chi connectivity index (χ0n) is 24.4. The van der Waals surface area contributed by atoms with Gasteiger partial charge in [0.2, 0.25) is 0 Å². The summed E-state index contributed by atoms with van der Waals surface area (Å²) < 4.78 is 89.3. The molecule has 3 heterocycles. The van der Waals surface area contributed by atoms with Crippen molar-refractivity contribution in [3.63, 3.8) is 0 Å². The monoisotopic (exact) mass is 659 g/mol. The molecule has 0 bridgehead atoms. The van der Waals surface area contributed by atoms with E-state index in [1.165, 1.54) is 22.7 Å². The molecule has 0 radical (unpaired) electrons. The van der Waals surface area contributed by atoms with Crippen LogP contribution in [0.3, 0.4) is 0 Å². The molecule has 1 saturated heterocycles. The van der Waals surface area contributed by atoms with Crippen LogP contribution in [0.4, 0.5) is 23.8 Å². The summed E-state index contributed by atoms with van der Waals surface area (Å²) in [6.07, 6.45) is -0.235. The number of anilines is 1. The van der Waals surface area contributed by atoms with Gasteiger partial charge in [-0.1, -0.05) is 12.1 Å². The predicted octanol–water partition coefficient (Wildman–Crippen LogP) is 5.11. The number of fused-ring (bicyclic) bond motifs is 2. The van der Waals surface area contributed by atoms with E-state index in [0.29, 0.717) is 29.1 Å². The van der Waals surface area contributed by atoms with Crippen LogP contribution in [0.25, 0.3) is 16.9 Å². The summed E-state index contributed by atoms with van der Waals surface area (Å²) in [5.41, 5.74) is -3.95. The minimum atomic E-state index is -4.47. The third-order valence-electron chi connectivity index (χ3n) is 6.68. The number of rotatable bonds is 8. The van der Waals surface area contributed by atoms with Gasteiger partial charge in [0.05, 0.1) is 24.4 Å². The number of halogens is 3. The lowest BCUT2D eigenvalue weighted by atomic mass is 10.1. The molecule has 5 rings (SSSR count). The van der Waals surface area contributed by atoms with Crippen LogP contribution in [-0.2, 0) is 28.7 Å². The second-order valence-electron chi connectivity index (χ2n) is 11.9. The number of carbonyl (C=O) groups is 1. The minimum absolute atomic E-state index is 0.0351. The Morgan fingerprint density at radius 1 is 1.16 bits per heavy atom. The molecule has 2 aromatic heterocycles. The van der Waals surface area contributed by atoms with Crippen molar-refractivity contribution < 1.29 is 44.8 Å². The number of hydrogen-bond donors (Lipinski definition) is 2. The number of alkyl halides is 3. The van der Waals surface area contributed by atoms with Gasteiger partial charge in [0.25, 0.3) is 0 Å². The SMILES string of the molecule is CC(C)(C)OC(=O)NS(=O)(=O)OC[C@H]1C[C@@H](Nc2ccnc3cc(-c4cccc(SC(F)(F)F)c4)nn23)[C@@H]2OC(C)(C)O[C@H]12. The summed E-state index contributed by atoms with van der Waals surface area (Å²) >= 11 is -0.203. The summed E-state index contributed by atoms with van der Waals surface area (Å²) in [5, 5.41) is 7.98. The molecule has 1 amide bonds. The fourth-order valence-electron chi connectivity index (χ4n) is 5.19. The van der Waals surface area contributed by atoms with Gasteiger partial charge >= 0.3 is 21.9 Å². The first kappa shape index (κ1) is 32.3. The quantitative estimate of drug-likeness (QED) is 0.312. The smallest absolute Gasteiger partial charge is 0.443 e. The maximum atomic E-state index is 12.9. The lowest BCUT2D eigenvalue weighted by molar-refractivity contribution is -0.158. The third-order valence-corrected chi connectivity index (χ3v) is 8.26. The molecule has 44 heavy (non-hydrogen) atoms. The normalized spacial score (nSPS) is 23.5. The number of nitrogens with one attached hydrogen (secondary N) is 2. The van der Waals surface area contributed by atoms with Gasteiger partial charge in [0.1, 0.15) is 17.5 Å². The molecule has 3 aromatic rings. The first-order chi connectivity index (χ1) is 20.4. The molecule has 17 heteroatoms. The van der Waals surface area contributed by atoms with E-state index >= 15 is 0 Å². The highest BCUT2D eigenvalue weighted by Gasteiger charge is 2.54. The van der Waals surface area contributed by atoms with Crippen LogP contribution in [0.2, 0.25) is 0 Å². The summed E-state index contributed by atoms with van der Waals surface area (Å²) in [7, 11) is -4.47. The Balaban J connectivity index is 1.33. The van der Waals surface area contributed by atoms with Crippen molar-refractivity contribution in [1.29, 1.82) is 0 Å². The Labute approximate surface area is 256 Å². The molecule has 1 saturated carbocycles. The van der Waals surface area contributed by atoms with Gasteiger partial charge in [0, 0.05) is 28.6 Å². The second-order valence-corrected chi connectivity index (χ2v) is 14.3. The van der Waals surface area contributed by atoms with Crippen LogP contribution in [-0.4, -0.2) is 70.9 Å². The number of hydrogen-bond acceptors (Lipinski definition) is 11. The molecule has 2 aliphatic rings. The Morgan fingerprint density at radius 3 is 2.59 bits per heavy atom. The first-order valence-electron chi connectivity index (χ1n) is 13.6. The van der Waals surface area contributed by atoms with Crippen LogP contribution in [0.1, 0.15) is 41.0 Å². The average Bonchev–Trinajstić information content (AvgIpc) is 3.52. The zero-order valence-corrected chi connectivity index (χ0v) is 26.0. The highest BCUT2D eigenvalue weighted by atomic mass is 32.2. The van der Waals surface area contributed by atoms with E-state index < -0.39 is 51.4 Å². The fourth-order valence-corrected chi connectivity index (χ4v) is 6.45. The van der Waals surface area contributed by atoms with Crippen molar-refractivity contribution >= 4 is 39.6 Å².